The van der Waals surface area contributed by atoms with Crippen LogP contribution in [0, 0.1) is 0 Å². The molecule has 1 atom stereocenters. The topological polar surface area (TPSA) is 127 Å². The van der Waals surface area contributed by atoms with Crippen molar-refractivity contribution in [2.24, 2.45) is 0 Å². The van der Waals surface area contributed by atoms with Gasteiger partial charge in [0.25, 0.3) is 0 Å². The molecule has 0 bridgehead atoms. The lowest BCUT2D eigenvalue weighted by Crippen LogP contribution is -2.51. The number of nitrogens with one attached hydrogen (secondary N) is 1. The molecule has 0 heterocycles. The summed E-state index contributed by atoms with van der Waals surface area (Å²) >= 11 is 0. The molecule has 0 aromatic rings. The smallest absolute Gasteiger partial charge is 0.326 e. The summed E-state index contributed by atoms with van der Waals surface area (Å²) in [6.45, 7) is 5.09. The molecule has 20 heavy (non-hydrogen) atoms. The number of hydrogen-bond acceptors (Lipinski definition) is 4. The zero-order chi connectivity index (χ0) is 15.9. The number of nitrogens with zero attached hydrogens (tertiary/aromatic N) is 1. The van der Waals surface area contributed by atoms with Gasteiger partial charge in [0.05, 0.1) is 12.1 Å². The Hall–Kier alpha value is -1.83. The predicted molar refractivity (Wildman–Crippen MR) is 70.4 cm³/mol. The van der Waals surface area contributed by atoms with Crippen LogP contribution in [0.1, 0.15) is 33.6 Å². The molecule has 0 aliphatic carbocycles. The van der Waals surface area contributed by atoms with Crippen molar-refractivity contribution in [3.8, 4) is 0 Å². The number of urea groups is 1. The maximum atomic E-state index is 11.9. The van der Waals surface area contributed by atoms with Gasteiger partial charge in [-0.2, -0.15) is 0 Å². The lowest BCUT2D eigenvalue weighted by molar-refractivity contribution is -0.140. The molecule has 0 radical (unpaired) electrons. The van der Waals surface area contributed by atoms with Crippen LogP contribution in [0.15, 0.2) is 0 Å². The third-order valence-electron chi connectivity index (χ3n) is 2.49. The fourth-order valence-electron chi connectivity index (χ4n) is 1.56. The Morgan fingerprint density at radius 3 is 2.15 bits per heavy atom. The van der Waals surface area contributed by atoms with E-state index in [-0.39, 0.29) is 19.4 Å². The SMILES string of the molecule is CCN(CC(C)(C)O)C(=O)NC(CCC(=O)O)C(=O)O. The highest BCUT2D eigenvalue weighted by atomic mass is 16.4. The van der Waals surface area contributed by atoms with Crippen LogP contribution in [-0.2, 0) is 9.59 Å². The first-order valence-corrected chi connectivity index (χ1v) is 6.29. The summed E-state index contributed by atoms with van der Waals surface area (Å²) in [5, 5.41) is 29.4. The van der Waals surface area contributed by atoms with Crippen LogP contribution in [0.25, 0.3) is 0 Å². The zero-order valence-electron chi connectivity index (χ0n) is 11.9. The van der Waals surface area contributed by atoms with Crippen molar-refractivity contribution >= 4 is 18.0 Å². The molecule has 0 saturated heterocycles. The van der Waals surface area contributed by atoms with Gasteiger partial charge in [-0.3, -0.25) is 4.79 Å². The highest BCUT2D eigenvalue weighted by molar-refractivity contribution is 5.83. The quantitative estimate of drug-likeness (QED) is 0.502. The molecule has 0 aliphatic rings. The number of amides is 2. The van der Waals surface area contributed by atoms with Crippen molar-refractivity contribution in [3.05, 3.63) is 0 Å². The van der Waals surface area contributed by atoms with E-state index in [9.17, 15) is 19.5 Å². The minimum Gasteiger partial charge on any atom is -0.481 e. The molecule has 0 spiro atoms. The van der Waals surface area contributed by atoms with Crippen LogP contribution < -0.4 is 5.32 Å². The third-order valence-corrected chi connectivity index (χ3v) is 2.49. The van der Waals surface area contributed by atoms with Crippen LogP contribution in [0.4, 0.5) is 4.79 Å². The second kappa shape index (κ2) is 7.68. The van der Waals surface area contributed by atoms with Gasteiger partial charge < -0.3 is 25.5 Å². The van der Waals surface area contributed by atoms with E-state index in [0.717, 1.165) is 0 Å². The minimum atomic E-state index is -1.29. The Kier molecular flexibility index (Phi) is 6.98. The second-order valence-electron chi connectivity index (χ2n) is 5.10. The molecule has 8 heteroatoms. The van der Waals surface area contributed by atoms with E-state index in [1.165, 1.54) is 18.7 Å². The molecular weight excluding hydrogens is 268 g/mol. The number of carbonyl (C=O) groups is 3. The molecule has 0 aromatic carbocycles. The summed E-state index contributed by atoms with van der Waals surface area (Å²) in [5.41, 5.74) is -1.10. The number of aliphatic carboxylic acids is 2. The van der Waals surface area contributed by atoms with Crippen molar-refractivity contribution in [3.63, 3.8) is 0 Å². The fourth-order valence-corrected chi connectivity index (χ4v) is 1.56. The van der Waals surface area contributed by atoms with E-state index in [4.69, 9.17) is 10.2 Å². The van der Waals surface area contributed by atoms with Gasteiger partial charge in [0.2, 0.25) is 0 Å². The molecule has 116 valence electrons. The van der Waals surface area contributed by atoms with E-state index >= 15 is 0 Å². The van der Waals surface area contributed by atoms with Crippen LogP contribution in [0.5, 0.6) is 0 Å². The first-order chi connectivity index (χ1) is 9.06. The zero-order valence-corrected chi connectivity index (χ0v) is 11.9. The van der Waals surface area contributed by atoms with Crippen LogP contribution >= 0.6 is 0 Å². The Morgan fingerprint density at radius 2 is 1.80 bits per heavy atom. The predicted octanol–water partition coefficient (Wildman–Crippen LogP) is 0.107. The summed E-state index contributed by atoms with van der Waals surface area (Å²) in [6.07, 6.45) is -0.550. The number of rotatable bonds is 8. The van der Waals surface area contributed by atoms with Crippen LogP contribution in [-0.4, -0.2) is 62.9 Å². The van der Waals surface area contributed by atoms with E-state index in [0.29, 0.717) is 6.54 Å². The van der Waals surface area contributed by atoms with Gasteiger partial charge in [-0.05, 0) is 27.2 Å². The summed E-state index contributed by atoms with van der Waals surface area (Å²) in [5.74, 6) is -2.42. The average Bonchev–Trinajstić information content (AvgIpc) is 2.29. The van der Waals surface area contributed by atoms with Gasteiger partial charge in [-0.25, -0.2) is 9.59 Å². The maximum Gasteiger partial charge on any atom is 0.326 e. The molecule has 1 unspecified atom stereocenters. The van der Waals surface area contributed by atoms with Crippen molar-refractivity contribution in [2.75, 3.05) is 13.1 Å². The summed E-state index contributed by atoms with van der Waals surface area (Å²) in [7, 11) is 0. The fraction of sp³-hybridized carbons (Fsp3) is 0.750. The van der Waals surface area contributed by atoms with Crippen molar-refractivity contribution in [1.82, 2.24) is 10.2 Å². The largest absolute Gasteiger partial charge is 0.481 e. The third kappa shape index (κ3) is 7.57. The first kappa shape index (κ1) is 18.2. The molecule has 4 N–H and O–H groups in total. The molecular formula is C12H22N2O6. The highest BCUT2D eigenvalue weighted by Gasteiger charge is 2.26. The van der Waals surface area contributed by atoms with E-state index in [1.807, 2.05) is 0 Å². The van der Waals surface area contributed by atoms with Crippen molar-refractivity contribution in [1.29, 1.82) is 0 Å². The van der Waals surface area contributed by atoms with Gasteiger partial charge in [-0.15, -0.1) is 0 Å². The summed E-state index contributed by atoms with van der Waals surface area (Å²) in [6, 6.07) is -1.91. The van der Waals surface area contributed by atoms with Gasteiger partial charge in [0.15, 0.2) is 0 Å². The average molecular weight is 290 g/mol. The number of carbonyl (C=O) groups excluding carboxylic acids is 1. The number of carboxylic acids is 2. The van der Waals surface area contributed by atoms with Crippen LogP contribution in [0.2, 0.25) is 0 Å². The molecule has 0 rings (SSSR count). The number of aliphatic hydroxyl groups is 1. The van der Waals surface area contributed by atoms with Gasteiger partial charge in [0, 0.05) is 13.0 Å². The summed E-state index contributed by atoms with van der Waals surface area (Å²) in [4.78, 5) is 34.6. The Labute approximate surface area is 117 Å². The van der Waals surface area contributed by atoms with Gasteiger partial charge >= 0.3 is 18.0 Å². The van der Waals surface area contributed by atoms with E-state index < -0.39 is 29.6 Å². The Morgan fingerprint density at radius 1 is 1.25 bits per heavy atom. The van der Waals surface area contributed by atoms with Crippen molar-refractivity contribution < 1.29 is 29.7 Å². The molecule has 8 nitrogen and oxygen atoms in total. The van der Waals surface area contributed by atoms with E-state index in [2.05, 4.69) is 5.32 Å². The van der Waals surface area contributed by atoms with Crippen molar-refractivity contribution in [2.45, 2.75) is 45.3 Å². The highest BCUT2D eigenvalue weighted by Crippen LogP contribution is 2.06. The van der Waals surface area contributed by atoms with E-state index in [1.54, 1.807) is 6.92 Å². The van der Waals surface area contributed by atoms with Crippen LogP contribution in [0.3, 0.4) is 0 Å². The monoisotopic (exact) mass is 290 g/mol. The second-order valence-corrected chi connectivity index (χ2v) is 5.10. The lowest BCUT2D eigenvalue weighted by atomic mass is 10.1. The lowest BCUT2D eigenvalue weighted by Gasteiger charge is -2.29. The minimum absolute atomic E-state index is 0.0423. The Balaban J connectivity index is 4.64. The molecule has 0 aromatic heterocycles. The number of likely N-dealkylation sites (N-methyl/N-ethyl adjacent to an activating group) is 1. The first-order valence-electron chi connectivity index (χ1n) is 6.29. The summed E-state index contributed by atoms with van der Waals surface area (Å²) < 4.78 is 0. The molecule has 0 fully saturated rings. The standard InChI is InChI=1S/C12H22N2O6/c1-4-14(7-12(2,3)20)11(19)13-8(10(17)18)5-6-9(15)16/h8,20H,4-7H2,1-3H3,(H,13,19)(H,15,16)(H,17,18). The van der Waals surface area contributed by atoms with Gasteiger partial charge in [-0.1, -0.05) is 0 Å². The number of hydrogen-bond donors (Lipinski definition) is 4. The Bertz CT molecular complexity index is 363. The maximum absolute atomic E-state index is 11.9. The normalized spacial score (nSPS) is 12.6. The molecule has 0 saturated carbocycles. The van der Waals surface area contributed by atoms with Gasteiger partial charge in [0.1, 0.15) is 6.04 Å². The number of carboxylic acid groups (broad SMARTS) is 2. The molecule has 0 aliphatic heterocycles. The molecule has 2 amide bonds.